The van der Waals surface area contributed by atoms with Crippen LogP contribution in [0.2, 0.25) is 0 Å². The number of nitro benzene ring substituents is 1. The topological polar surface area (TPSA) is 140 Å². The molecular weight excluding hydrogens is 388 g/mol. The van der Waals surface area contributed by atoms with Crippen LogP contribution in [0.1, 0.15) is 21.9 Å². The average Bonchev–Trinajstić information content (AvgIpc) is 2.98. The van der Waals surface area contributed by atoms with Crippen molar-refractivity contribution in [1.29, 1.82) is 0 Å². The zero-order chi connectivity index (χ0) is 20.6. The number of sulfonamides is 1. The molecule has 0 radical (unpaired) electrons. The minimum atomic E-state index is -4.15. The summed E-state index contributed by atoms with van der Waals surface area (Å²) in [6.45, 7) is 4.95. The predicted molar refractivity (Wildman–Crippen MR) is 101 cm³/mol. The van der Waals surface area contributed by atoms with Gasteiger partial charge in [-0.05, 0) is 26.0 Å². The van der Waals surface area contributed by atoms with Crippen LogP contribution in [-0.4, -0.2) is 50.3 Å². The minimum absolute atomic E-state index is 0.149. The first-order chi connectivity index (χ1) is 13.1. The minimum Gasteiger partial charge on any atom is -0.466 e. The molecule has 1 aliphatic heterocycles. The monoisotopic (exact) mass is 408 g/mol. The van der Waals surface area contributed by atoms with Crippen molar-refractivity contribution < 1.29 is 22.6 Å². The maximum Gasteiger partial charge on any atom is 0.270 e. The lowest BCUT2D eigenvalue weighted by molar-refractivity contribution is -0.385. The van der Waals surface area contributed by atoms with E-state index in [2.05, 4.69) is 0 Å². The third kappa shape index (κ3) is 3.85. The first-order valence-electron chi connectivity index (χ1n) is 8.50. The van der Waals surface area contributed by atoms with Crippen LogP contribution in [0.4, 0.5) is 11.4 Å². The molecule has 28 heavy (non-hydrogen) atoms. The van der Waals surface area contributed by atoms with E-state index in [1.807, 2.05) is 0 Å². The van der Waals surface area contributed by atoms with Crippen LogP contribution in [-0.2, 0) is 10.0 Å². The largest absolute Gasteiger partial charge is 0.466 e. The van der Waals surface area contributed by atoms with E-state index in [1.165, 1.54) is 12.1 Å². The molecule has 0 atom stereocenters. The number of hydrogen-bond acceptors (Lipinski definition) is 7. The van der Waals surface area contributed by atoms with Gasteiger partial charge in [0.1, 0.15) is 16.4 Å². The molecule has 11 heteroatoms. The van der Waals surface area contributed by atoms with E-state index in [1.54, 1.807) is 29.7 Å². The van der Waals surface area contributed by atoms with Crippen molar-refractivity contribution in [2.24, 2.45) is 5.14 Å². The highest BCUT2D eigenvalue weighted by atomic mass is 32.2. The van der Waals surface area contributed by atoms with E-state index in [-0.39, 0.29) is 22.2 Å². The number of amides is 1. The summed E-state index contributed by atoms with van der Waals surface area (Å²) < 4.78 is 29.3. The molecule has 150 valence electrons. The van der Waals surface area contributed by atoms with Gasteiger partial charge in [0.2, 0.25) is 10.0 Å². The van der Waals surface area contributed by atoms with E-state index in [4.69, 9.17) is 9.56 Å². The molecule has 0 spiro atoms. The molecule has 0 saturated carbocycles. The number of carbonyl (C=O) groups is 1. The van der Waals surface area contributed by atoms with Crippen LogP contribution in [0.3, 0.4) is 0 Å². The highest BCUT2D eigenvalue weighted by Crippen LogP contribution is 2.29. The molecule has 2 N–H and O–H groups in total. The second-order valence-corrected chi connectivity index (χ2v) is 8.09. The summed E-state index contributed by atoms with van der Waals surface area (Å²) in [4.78, 5) is 26.1. The quantitative estimate of drug-likeness (QED) is 0.596. The van der Waals surface area contributed by atoms with Crippen molar-refractivity contribution in [2.75, 3.05) is 31.1 Å². The fourth-order valence-electron chi connectivity index (χ4n) is 3.27. The summed E-state index contributed by atoms with van der Waals surface area (Å²) in [5.41, 5.74) is 0.439. The van der Waals surface area contributed by atoms with Gasteiger partial charge >= 0.3 is 0 Å². The van der Waals surface area contributed by atoms with Gasteiger partial charge in [0.25, 0.3) is 11.6 Å². The predicted octanol–water partition coefficient (Wildman–Crippen LogP) is 1.41. The van der Waals surface area contributed by atoms with Crippen LogP contribution < -0.4 is 10.0 Å². The Morgan fingerprint density at radius 3 is 2.32 bits per heavy atom. The molecule has 10 nitrogen and oxygen atoms in total. The summed E-state index contributed by atoms with van der Waals surface area (Å²) in [7, 11) is -4.15. The Hall–Kier alpha value is -2.92. The van der Waals surface area contributed by atoms with Gasteiger partial charge in [-0.3, -0.25) is 14.9 Å². The number of piperazine rings is 1. The number of non-ortho nitro benzene ring substituents is 1. The number of primary sulfonamides is 1. The molecule has 1 fully saturated rings. The Morgan fingerprint density at radius 2 is 1.82 bits per heavy atom. The molecule has 1 saturated heterocycles. The fourth-order valence-corrected chi connectivity index (χ4v) is 4.04. The Labute approximate surface area is 161 Å². The number of nitrogens with two attached hydrogens (primary N) is 1. The lowest BCUT2D eigenvalue weighted by Gasteiger charge is -2.36. The number of benzene rings is 1. The summed E-state index contributed by atoms with van der Waals surface area (Å²) in [6, 6.07) is 5.26. The van der Waals surface area contributed by atoms with Crippen molar-refractivity contribution in [3.8, 4) is 0 Å². The third-order valence-corrected chi connectivity index (χ3v) is 5.58. The van der Waals surface area contributed by atoms with Crippen LogP contribution in [0, 0.1) is 24.0 Å². The van der Waals surface area contributed by atoms with Crippen molar-refractivity contribution in [1.82, 2.24) is 4.90 Å². The van der Waals surface area contributed by atoms with Gasteiger partial charge in [-0.2, -0.15) is 0 Å². The molecule has 2 aromatic rings. The lowest BCUT2D eigenvalue weighted by atomic mass is 10.2. The number of nitrogens with zero attached hydrogens (tertiary/aromatic N) is 3. The van der Waals surface area contributed by atoms with Crippen molar-refractivity contribution in [2.45, 2.75) is 18.7 Å². The SMILES string of the molecule is Cc1cc(C(=O)N2CCN(c3ccc([N+](=O)[O-])cc3S(N)(=O)=O)CC2)c(C)o1. The Bertz CT molecular complexity index is 1040. The van der Waals surface area contributed by atoms with E-state index >= 15 is 0 Å². The fraction of sp³-hybridized carbons (Fsp3) is 0.353. The molecule has 3 rings (SSSR count). The van der Waals surface area contributed by atoms with Crippen molar-refractivity contribution >= 4 is 27.3 Å². The first kappa shape index (κ1) is 19.8. The molecule has 1 aromatic carbocycles. The summed E-state index contributed by atoms with van der Waals surface area (Å²) in [6.07, 6.45) is 0. The van der Waals surface area contributed by atoms with Crippen LogP contribution >= 0.6 is 0 Å². The number of carbonyl (C=O) groups excluding carboxylic acids is 1. The maximum atomic E-state index is 12.7. The number of hydrogen-bond donors (Lipinski definition) is 1. The van der Waals surface area contributed by atoms with Gasteiger partial charge in [-0.25, -0.2) is 13.6 Å². The Morgan fingerprint density at radius 1 is 1.18 bits per heavy atom. The highest BCUT2D eigenvalue weighted by molar-refractivity contribution is 7.89. The normalized spacial score (nSPS) is 15.0. The molecule has 2 heterocycles. The summed E-state index contributed by atoms with van der Waals surface area (Å²) in [5.74, 6) is 1.06. The Balaban J connectivity index is 1.81. The zero-order valence-electron chi connectivity index (χ0n) is 15.4. The smallest absolute Gasteiger partial charge is 0.270 e. The van der Waals surface area contributed by atoms with E-state index in [0.29, 0.717) is 43.3 Å². The number of nitro groups is 1. The number of anilines is 1. The summed E-state index contributed by atoms with van der Waals surface area (Å²) in [5, 5.41) is 16.2. The van der Waals surface area contributed by atoms with Crippen LogP contribution in [0.5, 0.6) is 0 Å². The molecule has 0 aliphatic carbocycles. The molecule has 0 bridgehead atoms. The van der Waals surface area contributed by atoms with E-state index < -0.39 is 14.9 Å². The maximum absolute atomic E-state index is 12.7. The molecule has 1 aliphatic rings. The number of aryl methyl sites for hydroxylation is 2. The number of furan rings is 1. The molecule has 1 aromatic heterocycles. The van der Waals surface area contributed by atoms with Crippen LogP contribution in [0.15, 0.2) is 33.6 Å². The lowest BCUT2D eigenvalue weighted by Crippen LogP contribution is -2.49. The Kier molecular flexibility index (Phi) is 5.13. The second-order valence-electron chi connectivity index (χ2n) is 6.56. The van der Waals surface area contributed by atoms with Crippen molar-refractivity contribution in [3.63, 3.8) is 0 Å². The van der Waals surface area contributed by atoms with Crippen molar-refractivity contribution in [3.05, 3.63) is 51.5 Å². The summed E-state index contributed by atoms with van der Waals surface area (Å²) >= 11 is 0. The standard InChI is InChI=1S/C17H20N4O6S/c1-11-9-14(12(2)27-11)17(22)20-7-5-19(6-8-20)15-4-3-13(21(23)24)10-16(15)28(18,25)26/h3-4,9-10H,5-8H2,1-2H3,(H2,18,25,26). The highest BCUT2D eigenvalue weighted by Gasteiger charge is 2.28. The number of rotatable bonds is 4. The second kappa shape index (κ2) is 7.24. The van der Waals surface area contributed by atoms with E-state index in [9.17, 15) is 23.3 Å². The van der Waals surface area contributed by atoms with Gasteiger partial charge in [0.15, 0.2) is 0 Å². The van der Waals surface area contributed by atoms with Gasteiger partial charge in [-0.15, -0.1) is 0 Å². The first-order valence-corrected chi connectivity index (χ1v) is 10.0. The van der Waals surface area contributed by atoms with E-state index in [0.717, 1.165) is 6.07 Å². The van der Waals surface area contributed by atoms with Gasteiger partial charge < -0.3 is 14.2 Å². The molecule has 0 unspecified atom stereocenters. The van der Waals surface area contributed by atoms with Gasteiger partial charge in [0.05, 0.1) is 16.2 Å². The van der Waals surface area contributed by atoms with Crippen LogP contribution in [0.25, 0.3) is 0 Å². The average molecular weight is 408 g/mol. The van der Waals surface area contributed by atoms with Gasteiger partial charge in [0, 0.05) is 38.3 Å². The zero-order valence-corrected chi connectivity index (χ0v) is 16.2. The molecule has 1 amide bonds. The third-order valence-electron chi connectivity index (χ3n) is 4.64. The van der Waals surface area contributed by atoms with Gasteiger partial charge in [-0.1, -0.05) is 0 Å². The molecular formula is C17H20N4O6S.